The molecule has 190 valence electrons. The number of nitrogens with one attached hydrogen (secondary N) is 2. The molecule has 0 aromatic carbocycles. The van der Waals surface area contributed by atoms with Crippen LogP contribution in [0, 0.1) is 17.8 Å². The van der Waals surface area contributed by atoms with Gasteiger partial charge in [-0.1, -0.05) is 0 Å². The maximum atomic E-state index is 12.3. The van der Waals surface area contributed by atoms with E-state index in [1.54, 1.807) is 12.4 Å². The molecule has 3 fully saturated rings. The van der Waals surface area contributed by atoms with E-state index < -0.39 is 0 Å². The van der Waals surface area contributed by atoms with Crippen LogP contribution in [0.15, 0.2) is 36.8 Å². The van der Waals surface area contributed by atoms with Crippen LogP contribution < -0.4 is 15.5 Å². The van der Waals surface area contributed by atoms with E-state index in [2.05, 4.69) is 49.7 Å². The molecule has 1 aliphatic carbocycles. The first-order valence-electron chi connectivity index (χ1n) is 13.1. The van der Waals surface area contributed by atoms with Crippen molar-refractivity contribution in [2.45, 2.75) is 19.3 Å². The van der Waals surface area contributed by atoms with E-state index in [9.17, 15) is 4.79 Å². The molecule has 4 aromatic heterocycles. The third-order valence-electron chi connectivity index (χ3n) is 7.89. The first-order chi connectivity index (χ1) is 18.0. The molecule has 2 N–H and O–H groups in total. The normalized spacial score (nSPS) is 21.9. The number of hydrogen-bond donors (Lipinski definition) is 2. The summed E-state index contributed by atoms with van der Waals surface area (Å²) in [5.74, 6) is 3.42. The molecule has 2 bridgehead atoms. The van der Waals surface area contributed by atoms with Crippen LogP contribution in [0.2, 0.25) is 0 Å². The molecule has 10 nitrogen and oxygen atoms in total. The topological polar surface area (TPSA) is 104 Å². The minimum Gasteiger partial charge on any atom is -0.373 e. The smallest absolute Gasteiger partial charge is 0.228 e. The number of nitrogens with zero attached hydrogens (tertiary/aromatic N) is 7. The number of hydrogen-bond acceptors (Lipinski definition) is 8. The quantitative estimate of drug-likeness (QED) is 0.434. The van der Waals surface area contributed by atoms with Gasteiger partial charge in [0.1, 0.15) is 11.6 Å². The molecule has 0 spiro atoms. The molecule has 7 rings (SSSR count). The van der Waals surface area contributed by atoms with Gasteiger partial charge in [-0.3, -0.25) is 4.79 Å². The minimum absolute atomic E-state index is 0.0307. The average molecular weight is 498 g/mol. The molecule has 3 aliphatic rings. The number of piperidine rings is 2. The molecule has 2 atom stereocenters. The van der Waals surface area contributed by atoms with Crippen LogP contribution >= 0.6 is 0 Å². The predicted molar refractivity (Wildman–Crippen MR) is 144 cm³/mol. The summed E-state index contributed by atoms with van der Waals surface area (Å²) in [5, 5.41) is 12.7. The number of carbonyl (C=O) groups excluding carboxylic acids is 1. The van der Waals surface area contributed by atoms with Crippen LogP contribution in [0.5, 0.6) is 0 Å². The summed E-state index contributed by atoms with van der Waals surface area (Å²) in [6, 6.07) is 6.10. The first-order valence-corrected chi connectivity index (χ1v) is 13.1. The second-order valence-electron chi connectivity index (χ2n) is 10.9. The van der Waals surface area contributed by atoms with Gasteiger partial charge in [0.2, 0.25) is 5.91 Å². The lowest BCUT2D eigenvalue weighted by atomic mass is 9.85. The standard InChI is InChI=1S/C27H31N9O/c1-28-25-21-9-29-23(31-27(37)18-3-4-18)8-20(21)22(10-30-25)26-32-24-6-5-19(15-36(24)33-26)35-13-16-7-17(14-35)12-34(2)11-16/h5-6,8-10,15-18H,3-4,7,11-14H2,1-2H3,(H,28,30)(H,29,31,37). The van der Waals surface area contributed by atoms with Gasteiger partial charge >= 0.3 is 0 Å². The van der Waals surface area contributed by atoms with Crippen molar-refractivity contribution >= 4 is 39.6 Å². The predicted octanol–water partition coefficient (Wildman–Crippen LogP) is 3.12. The van der Waals surface area contributed by atoms with Gasteiger partial charge in [0, 0.05) is 67.9 Å². The highest BCUT2D eigenvalue weighted by Gasteiger charge is 2.33. The second-order valence-corrected chi connectivity index (χ2v) is 10.9. The Labute approximate surface area is 215 Å². The lowest BCUT2D eigenvalue weighted by Gasteiger charge is -2.45. The van der Waals surface area contributed by atoms with E-state index in [4.69, 9.17) is 10.1 Å². The number of carbonyl (C=O) groups is 1. The van der Waals surface area contributed by atoms with Crippen molar-refractivity contribution in [3.8, 4) is 11.4 Å². The number of likely N-dealkylation sites (tertiary alicyclic amines) is 1. The van der Waals surface area contributed by atoms with Crippen molar-refractivity contribution in [1.82, 2.24) is 29.5 Å². The fourth-order valence-electron chi connectivity index (χ4n) is 6.08. The van der Waals surface area contributed by atoms with Crippen LogP contribution in [-0.2, 0) is 4.79 Å². The van der Waals surface area contributed by atoms with Crippen LogP contribution in [0.3, 0.4) is 0 Å². The van der Waals surface area contributed by atoms with Crippen LogP contribution in [0.4, 0.5) is 17.3 Å². The van der Waals surface area contributed by atoms with Gasteiger partial charge < -0.3 is 20.4 Å². The lowest BCUT2D eigenvalue weighted by molar-refractivity contribution is -0.117. The summed E-state index contributed by atoms with van der Waals surface area (Å²) >= 11 is 0. The van der Waals surface area contributed by atoms with Crippen molar-refractivity contribution in [3.63, 3.8) is 0 Å². The third kappa shape index (κ3) is 4.15. The molecular weight excluding hydrogens is 466 g/mol. The Balaban J connectivity index is 1.24. The number of pyridine rings is 3. The van der Waals surface area contributed by atoms with E-state index in [1.165, 1.54) is 25.2 Å². The van der Waals surface area contributed by atoms with Crippen LogP contribution in [0.1, 0.15) is 19.3 Å². The zero-order valence-electron chi connectivity index (χ0n) is 21.2. The lowest BCUT2D eigenvalue weighted by Crippen LogP contribution is -2.51. The fourth-order valence-corrected chi connectivity index (χ4v) is 6.08. The van der Waals surface area contributed by atoms with Crippen molar-refractivity contribution in [2.24, 2.45) is 17.8 Å². The van der Waals surface area contributed by atoms with Gasteiger partial charge in [-0.15, -0.1) is 5.10 Å². The Hall–Kier alpha value is -3.79. The molecule has 10 heteroatoms. The van der Waals surface area contributed by atoms with E-state index in [-0.39, 0.29) is 11.8 Å². The van der Waals surface area contributed by atoms with Crippen LogP contribution in [-0.4, -0.2) is 75.6 Å². The second kappa shape index (κ2) is 8.65. The summed E-state index contributed by atoms with van der Waals surface area (Å²) in [6.07, 6.45) is 8.86. The van der Waals surface area contributed by atoms with E-state index >= 15 is 0 Å². The van der Waals surface area contributed by atoms with Crippen molar-refractivity contribution in [1.29, 1.82) is 0 Å². The zero-order valence-corrected chi connectivity index (χ0v) is 21.2. The first kappa shape index (κ1) is 22.4. The zero-order chi connectivity index (χ0) is 25.1. The highest BCUT2D eigenvalue weighted by molar-refractivity contribution is 6.03. The Morgan fingerprint density at radius 1 is 1.03 bits per heavy atom. The Bertz CT molecular complexity index is 1490. The summed E-state index contributed by atoms with van der Waals surface area (Å²) in [6.45, 7) is 4.50. The van der Waals surface area contributed by atoms with E-state index in [0.717, 1.165) is 53.7 Å². The molecule has 2 aliphatic heterocycles. The van der Waals surface area contributed by atoms with Gasteiger partial charge in [-0.2, -0.15) is 0 Å². The number of aromatic nitrogens is 5. The summed E-state index contributed by atoms with van der Waals surface area (Å²) < 4.78 is 1.87. The largest absolute Gasteiger partial charge is 0.373 e. The molecule has 1 saturated carbocycles. The number of amides is 1. The maximum Gasteiger partial charge on any atom is 0.228 e. The number of rotatable bonds is 5. The SMILES string of the molecule is CNc1ncc(-c2nc3ccc(N4CC5CC(CN(C)C5)C4)cn3n2)c2cc(NC(=O)C3CC3)ncc12. The van der Waals surface area contributed by atoms with Gasteiger partial charge in [0.25, 0.3) is 0 Å². The molecule has 1 amide bonds. The number of fused-ring (bicyclic) bond motifs is 4. The minimum atomic E-state index is 0.0307. The highest BCUT2D eigenvalue weighted by Crippen LogP contribution is 2.34. The molecule has 6 heterocycles. The Morgan fingerprint density at radius 3 is 2.59 bits per heavy atom. The Morgan fingerprint density at radius 2 is 1.84 bits per heavy atom. The van der Waals surface area contributed by atoms with Crippen molar-refractivity contribution in [2.75, 3.05) is 55.8 Å². The molecule has 2 unspecified atom stereocenters. The van der Waals surface area contributed by atoms with Crippen molar-refractivity contribution in [3.05, 3.63) is 36.8 Å². The highest BCUT2D eigenvalue weighted by atomic mass is 16.2. The van der Waals surface area contributed by atoms with Gasteiger partial charge in [-0.25, -0.2) is 19.5 Å². The van der Waals surface area contributed by atoms with Gasteiger partial charge in [0.05, 0.1) is 11.9 Å². The summed E-state index contributed by atoms with van der Waals surface area (Å²) in [7, 11) is 4.07. The molecule has 0 radical (unpaired) electrons. The molecule has 2 saturated heterocycles. The molecule has 4 aromatic rings. The fraction of sp³-hybridized carbons (Fsp3) is 0.444. The monoisotopic (exact) mass is 497 g/mol. The molecular formula is C27H31N9O. The van der Waals surface area contributed by atoms with Crippen molar-refractivity contribution < 1.29 is 4.79 Å². The Kier molecular flexibility index (Phi) is 5.24. The van der Waals surface area contributed by atoms with E-state index in [0.29, 0.717) is 23.5 Å². The van der Waals surface area contributed by atoms with Gasteiger partial charge in [0.15, 0.2) is 11.5 Å². The molecule has 37 heavy (non-hydrogen) atoms. The summed E-state index contributed by atoms with van der Waals surface area (Å²) in [4.78, 5) is 31.2. The maximum absolute atomic E-state index is 12.3. The van der Waals surface area contributed by atoms with Gasteiger partial charge in [-0.05, 0) is 56.3 Å². The van der Waals surface area contributed by atoms with Crippen LogP contribution in [0.25, 0.3) is 27.8 Å². The number of anilines is 3. The van der Waals surface area contributed by atoms with E-state index in [1.807, 2.05) is 23.7 Å². The summed E-state index contributed by atoms with van der Waals surface area (Å²) in [5.41, 5.74) is 2.78. The third-order valence-corrected chi connectivity index (χ3v) is 7.89. The average Bonchev–Trinajstić information content (AvgIpc) is 3.66.